The molecule has 1 aliphatic heterocycles. The molecule has 0 aliphatic carbocycles. The fraction of sp³-hybridized carbons (Fsp3) is 0.643. The third-order valence-corrected chi connectivity index (χ3v) is 3.20. The minimum Gasteiger partial charge on any atom is -0.296 e. The van der Waals surface area contributed by atoms with Crippen LogP contribution in [0.3, 0.4) is 0 Å². The Bertz CT molecular complexity index is 344. The van der Waals surface area contributed by atoms with Crippen LogP contribution in [-0.2, 0) is 6.54 Å². The lowest BCUT2D eigenvalue weighted by Crippen LogP contribution is -2.52. The van der Waals surface area contributed by atoms with Gasteiger partial charge in [-0.3, -0.25) is 9.88 Å². The van der Waals surface area contributed by atoms with E-state index in [-0.39, 0.29) is 0 Å². The minimum atomic E-state index is 0.512. The third-order valence-electron chi connectivity index (χ3n) is 3.20. The Kier molecular flexibility index (Phi) is 3.02. The first-order valence-electron chi connectivity index (χ1n) is 6.13. The molecule has 1 fully saturated rings. The Morgan fingerprint density at radius 1 is 1.31 bits per heavy atom. The molecule has 16 heavy (non-hydrogen) atoms. The van der Waals surface area contributed by atoms with Gasteiger partial charge in [0.05, 0.1) is 5.69 Å². The smallest absolute Gasteiger partial charge is 0.0544 e. The molecule has 2 heterocycles. The highest BCUT2D eigenvalue weighted by molar-refractivity contribution is 5.17. The summed E-state index contributed by atoms with van der Waals surface area (Å²) >= 11 is 0. The molecule has 2 rings (SSSR count). The second-order valence-corrected chi connectivity index (χ2v) is 6.05. The van der Waals surface area contributed by atoms with Crippen molar-refractivity contribution in [2.75, 3.05) is 13.1 Å². The quantitative estimate of drug-likeness (QED) is 0.775. The Morgan fingerprint density at radius 3 is 2.44 bits per heavy atom. The average molecular weight is 218 g/mol. The SMILES string of the molecule is CC(C)c1ccc(CN2CC(C)(C)C2)nc1. The van der Waals surface area contributed by atoms with E-state index in [0.29, 0.717) is 11.3 Å². The number of hydrogen-bond acceptors (Lipinski definition) is 2. The molecule has 2 heteroatoms. The van der Waals surface area contributed by atoms with Crippen molar-refractivity contribution >= 4 is 0 Å². The van der Waals surface area contributed by atoms with Crippen LogP contribution in [0, 0.1) is 5.41 Å². The third kappa shape index (κ3) is 2.62. The van der Waals surface area contributed by atoms with E-state index < -0.39 is 0 Å². The number of aromatic nitrogens is 1. The topological polar surface area (TPSA) is 16.1 Å². The summed E-state index contributed by atoms with van der Waals surface area (Å²) in [6.07, 6.45) is 2.02. The molecule has 88 valence electrons. The molecular weight excluding hydrogens is 196 g/mol. The number of likely N-dealkylation sites (tertiary alicyclic amines) is 1. The maximum absolute atomic E-state index is 4.53. The fourth-order valence-corrected chi connectivity index (χ4v) is 2.38. The summed E-state index contributed by atoms with van der Waals surface area (Å²) in [6, 6.07) is 4.37. The van der Waals surface area contributed by atoms with Gasteiger partial charge in [0.1, 0.15) is 0 Å². The van der Waals surface area contributed by atoms with E-state index in [1.165, 1.54) is 24.3 Å². The zero-order chi connectivity index (χ0) is 11.8. The highest BCUT2D eigenvalue weighted by Gasteiger charge is 2.33. The minimum absolute atomic E-state index is 0.512. The van der Waals surface area contributed by atoms with Crippen molar-refractivity contribution in [3.63, 3.8) is 0 Å². The van der Waals surface area contributed by atoms with Crippen LogP contribution in [0.15, 0.2) is 18.3 Å². The van der Waals surface area contributed by atoms with Gasteiger partial charge in [-0.15, -0.1) is 0 Å². The molecule has 0 bridgehead atoms. The molecule has 0 spiro atoms. The van der Waals surface area contributed by atoms with Crippen molar-refractivity contribution in [1.29, 1.82) is 0 Å². The van der Waals surface area contributed by atoms with E-state index >= 15 is 0 Å². The van der Waals surface area contributed by atoms with Gasteiger partial charge in [0.25, 0.3) is 0 Å². The van der Waals surface area contributed by atoms with Crippen molar-refractivity contribution in [3.8, 4) is 0 Å². The van der Waals surface area contributed by atoms with Gasteiger partial charge >= 0.3 is 0 Å². The van der Waals surface area contributed by atoms with Crippen LogP contribution in [0.1, 0.15) is 44.9 Å². The van der Waals surface area contributed by atoms with Crippen LogP contribution in [0.5, 0.6) is 0 Å². The molecule has 0 saturated carbocycles. The molecule has 0 radical (unpaired) electrons. The number of nitrogens with zero attached hydrogens (tertiary/aromatic N) is 2. The molecular formula is C14H22N2. The second kappa shape index (κ2) is 4.17. The molecule has 0 unspecified atom stereocenters. The van der Waals surface area contributed by atoms with Crippen molar-refractivity contribution < 1.29 is 0 Å². The Hall–Kier alpha value is -0.890. The van der Waals surface area contributed by atoms with E-state index in [2.05, 4.69) is 49.7 Å². The van der Waals surface area contributed by atoms with E-state index in [1.54, 1.807) is 0 Å². The maximum Gasteiger partial charge on any atom is 0.0544 e. The van der Waals surface area contributed by atoms with Crippen molar-refractivity contribution in [3.05, 3.63) is 29.6 Å². The first-order chi connectivity index (χ1) is 7.46. The first kappa shape index (κ1) is 11.6. The summed E-state index contributed by atoms with van der Waals surface area (Å²) < 4.78 is 0. The lowest BCUT2D eigenvalue weighted by atomic mass is 9.84. The van der Waals surface area contributed by atoms with Gasteiger partial charge in [-0.1, -0.05) is 33.8 Å². The van der Waals surface area contributed by atoms with Crippen LogP contribution in [-0.4, -0.2) is 23.0 Å². The lowest BCUT2D eigenvalue weighted by Gasteiger charge is -2.45. The van der Waals surface area contributed by atoms with Crippen LogP contribution in [0.2, 0.25) is 0 Å². The first-order valence-corrected chi connectivity index (χ1v) is 6.13. The summed E-state index contributed by atoms with van der Waals surface area (Å²) in [7, 11) is 0. The van der Waals surface area contributed by atoms with Gasteiger partial charge in [0, 0.05) is 25.8 Å². The van der Waals surface area contributed by atoms with Gasteiger partial charge in [0.15, 0.2) is 0 Å². The van der Waals surface area contributed by atoms with Gasteiger partial charge in [0.2, 0.25) is 0 Å². The van der Waals surface area contributed by atoms with Crippen molar-refractivity contribution in [1.82, 2.24) is 9.88 Å². The van der Waals surface area contributed by atoms with Crippen LogP contribution in [0.25, 0.3) is 0 Å². The van der Waals surface area contributed by atoms with Crippen molar-refractivity contribution in [2.45, 2.75) is 40.2 Å². The molecule has 0 aromatic carbocycles. The Balaban J connectivity index is 1.91. The molecule has 0 N–H and O–H groups in total. The number of pyridine rings is 1. The molecule has 0 atom stereocenters. The highest BCUT2D eigenvalue weighted by Crippen LogP contribution is 2.29. The predicted octanol–water partition coefficient (Wildman–Crippen LogP) is 3.05. The summed E-state index contributed by atoms with van der Waals surface area (Å²) in [5.41, 5.74) is 3.03. The standard InChI is InChI=1S/C14H22N2/c1-11(2)12-5-6-13(15-7-12)8-16-9-14(3,4)10-16/h5-7,11H,8-10H2,1-4H3. The summed E-state index contributed by atoms with van der Waals surface area (Å²) in [6.45, 7) is 12.4. The lowest BCUT2D eigenvalue weighted by molar-refractivity contribution is 0.0232. The van der Waals surface area contributed by atoms with Gasteiger partial charge in [-0.25, -0.2) is 0 Å². The monoisotopic (exact) mass is 218 g/mol. The molecule has 1 aromatic heterocycles. The van der Waals surface area contributed by atoms with Gasteiger partial charge in [-0.05, 0) is 23.0 Å². The summed E-state index contributed by atoms with van der Waals surface area (Å²) in [5, 5.41) is 0. The highest BCUT2D eigenvalue weighted by atomic mass is 15.2. The normalized spacial score (nSPS) is 19.8. The zero-order valence-corrected chi connectivity index (χ0v) is 10.8. The predicted molar refractivity (Wildman–Crippen MR) is 67.4 cm³/mol. The van der Waals surface area contributed by atoms with Gasteiger partial charge in [-0.2, -0.15) is 0 Å². The van der Waals surface area contributed by atoms with Crippen molar-refractivity contribution in [2.24, 2.45) is 5.41 Å². The number of hydrogen-bond donors (Lipinski definition) is 0. The number of rotatable bonds is 3. The zero-order valence-electron chi connectivity index (χ0n) is 10.8. The second-order valence-electron chi connectivity index (χ2n) is 6.05. The van der Waals surface area contributed by atoms with E-state index in [1.807, 2.05) is 6.20 Å². The van der Waals surface area contributed by atoms with Crippen LogP contribution < -0.4 is 0 Å². The molecule has 0 amide bonds. The van der Waals surface area contributed by atoms with Crippen LogP contribution >= 0.6 is 0 Å². The summed E-state index contributed by atoms with van der Waals surface area (Å²) in [5.74, 6) is 0.574. The summed E-state index contributed by atoms with van der Waals surface area (Å²) in [4.78, 5) is 6.98. The maximum atomic E-state index is 4.53. The molecule has 2 nitrogen and oxygen atoms in total. The van der Waals surface area contributed by atoms with E-state index in [4.69, 9.17) is 0 Å². The Morgan fingerprint density at radius 2 is 2.00 bits per heavy atom. The van der Waals surface area contributed by atoms with E-state index in [0.717, 1.165) is 6.54 Å². The Labute approximate surface area is 98.7 Å². The molecule has 1 aliphatic rings. The largest absolute Gasteiger partial charge is 0.296 e. The van der Waals surface area contributed by atoms with E-state index in [9.17, 15) is 0 Å². The van der Waals surface area contributed by atoms with Gasteiger partial charge < -0.3 is 0 Å². The molecule has 1 saturated heterocycles. The average Bonchev–Trinajstić information content (AvgIpc) is 2.15. The fourth-order valence-electron chi connectivity index (χ4n) is 2.38. The van der Waals surface area contributed by atoms with Crippen LogP contribution in [0.4, 0.5) is 0 Å². The molecule has 1 aromatic rings.